The van der Waals surface area contributed by atoms with Crippen LogP contribution in [-0.2, 0) is 0 Å². The van der Waals surface area contributed by atoms with Crippen molar-refractivity contribution in [3.63, 3.8) is 0 Å². The Morgan fingerprint density at radius 2 is 1.86 bits per heavy atom. The second kappa shape index (κ2) is 4.56. The predicted molar refractivity (Wildman–Crippen MR) is 54.5 cm³/mol. The number of hydrogen-bond donors (Lipinski definition) is 0. The van der Waals surface area contributed by atoms with Crippen LogP contribution in [0.5, 0.6) is 0 Å². The van der Waals surface area contributed by atoms with Crippen LogP contribution < -0.4 is 0 Å². The number of halogens is 2. The molecular formula is C11H21F2N. The van der Waals surface area contributed by atoms with Crippen LogP contribution >= 0.6 is 0 Å². The molecule has 0 aliphatic carbocycles. The minimum absolute atomic E-state index is 0.0267. The zero-order chi connectivity index (χ0) is 10.8. The van der Waals surface area contributed by atoms with Gasteiger partial charge in [-0.15, -0.1) is 0 Å². The second-order valence-electron chi connectivity index (χ2n) is 4.45. The molecule has 1 aliphatic rings. The van der Waals surface area contributed by atoms with Crippen LogP contribution in [0.4, 0.5) is 8.78 Å². The molecule has 1 rings (SSSR count). The predicted octanol–water partition coefficient (Wildman–Crippen LogP) is 3.64. The van der Waals surface area contributed by atoms with E-state index < -0.39 is 12.1 Å². The van der Waals surface area contributed by atoms with Gasteiger partial charge in [-0.1, -0.05) is 32.6 Å². The minimum atomic E-state index is -2.51. The molecule has 1 heterocycles. The number of hydrogen-bond acceptors (Lipinski definition) is 1. The number of unbranched alkanes of at least 4 members (excludes halogenated alkanes) is 3. The lowest BCUT2D eigenvalue weighted by molar-refractivity contribution is 0.0406. The fourth-order valence-electron chi connectivity index (χ4n) is 2.09. The fraction of sp³-hybridized carbons (Fsp3) is 1.00. The van der Waals surface area contributed by atoms with Gasteiger partial charge in [0.25, 0.3) is 0 Å². The van der Waals surface area contributed by atoms with Crippen molar-refractivity contribution >= 4 is 0 Å². The van der Waals surface area contributed by atoms with E-state index in [1.807, 2.05) is 13.8 Å². The maximum absolute atomic E-state index is 13.1. The van der Waals surface area contributed by atoms with E-state index in [1.54, 1.807) is 0 Å². The number of rotatable bonds is 6. The zero-order valence-electron chi connectivity index (χ0n) is 9.39. The molecule has 3 heteroatoms. The lowest BCUT2D eigenvalue weighted by Crippen LogP contribution is -2.15. The van der Waals surface area contributed by atoms with Gasteiger partial charge >= 0.3 is 6.05 Å². The molecule has 0 amide bonds. The molecule has 0 N–H and O–H groups in total. The molecule has 0 spiro atoms. The third kappa shape index (κ3) is 2.44. The average molecular weight is 205 g/mol. The Morgan fingerprint density at radius 3 is 2.29 bits per heavy atom. The quantitative estimate of drug-likeness (QED) is 0.363. The van der Waals surface area contributed by atoms with Crippen molar-refractivity contribution in [2.24, 2.45) is 0 Å². The summed E-state index contributed by atoms with van der Waals surface area (Å²) in [5.41, 5.74) is 0. The summed E-state index contributed by atoms with van der Waals surface area (Å²) in [6, 6.07) is -3.01. The average Bonchev–Trinajstić information content (AvgIpc) is 2.62. The first-order chi connectivity index (χ1) is 6.51. The summed E-state index contributed by atoms with van der Waals surface area (Å²) >= 11 is 0. The maximum atomic E-state index is 13.1. The molecule has 0 aromatic rings. The Bertz CT molecular complexity index is 180. The van der Waals surface area contributed by atoms with Crippen molar-refractivity contribution < 1.29 is 8.78 Å². The monoisotopic (exact) mass is 205 g/mol. The summed E-state index contributed by atoms with van der Waals surface area (Å²) in [5, 5.41) is 0. The molecule has 0 bridgehead atoms. The van der Waals surface area contributed by atoms with Crippen LogP contribution in [0.1, 0.15) is 52.9 Å². The molecule has 1 fully saturated rings. The Kier molecular flexibility index (Phi) is 3.87. The van der Waals surface area contributed by atoms with Crippen molar-refractivity contribution in [1.29, 1.82) is 0 Å². The van der Waals surface area contributed by atoms with Crippen LogP contribution in [0.25, 0.3) is 0 Å². The van der Waals surface area contributed by atoms with E-state index in [2.05, 4.69) is 6.92 Å². The van der Waals surface area contributed by atoms with Gasteiger partial charge < -0.3 is 0 Å². The van der Waals surface area contributed by atoms with E-state index in [0.717, 1.165) is 19.3 Å². The van der Waals surface area contributed by atoms with Gasteiger partial charge in [-0.2, -0.15) is 8.78 Å². The number of alkyl halides is 2. The smallest absolute Gasteiger partial charge is 0.230 e. The summed E-state index contributed by atoms with van der Waals surface area (Å²) in [7, 11) is 0. The van der Waals surface area contributed by atoms with E-state index >= 15 is 0 Å². The van der Waals surface area contributed by atoms with E-state index in [-0.39, 0.29) is 6.04 Å². The lowest BCUT2D eigenvalue weighted by Gasteiger charge is -2.05. The highest BCUT2D eigenvalue weighted by Crippen LogP contribution is 2.48. The Morgan fingerprint density at radius 1 is 1.21 bits per heavy atom. The van der Waals surface area contributed by atoms with Gasteiger partial charge in [0.05, 0.1) is 6.04 Å². The topological polar surface area (TPSA) is 3.01 Å². The van der Waals surface area contributed by atoms with Gasteiger partial charge in [0.1, 0.15) is 0 Å². The third-order valence-corrected chi connectivity index (χ3v) is 2.90. The summed E-state index contributed by atoms with van der Waals surface area (Å²) in [4.78, 5) is 1.32. The Hall–Kier alpha value is -0.180. The summed E-state index contributed by atoms with van der Waals surface area (Å²) < 4.78 is 26.3. The van der Waals surface area contributed by atoms with Gasteiger partial charge in [0.2, 0.25) is 0 Å². The van der Waals surface area contributed by atoms with Gasteiger partial charge in [-0.25, -0.2) is 4.90 Å². The SMILES string of the molecule is CCCCCCC1N(C(C)C)C1(F)F. The van der Waals surface area contributed by atoms with Crippen molar-refractivity contribution in [3.8, 4) is 0 Å². The first-order valence-electron chi connectivity index (χ1n) is 5.68. The van der Waals surface area contributed by atoms with Crippen molar-refractivity contribution in [2.75, 3.05) is 0 Å². The van der Waals surface area contributed by atoms with Crippen molar-refractivity contribution in [3.05, 3.63) is 0 Å². The van der Waals surface area contributed by atoms with E-state index in [0.29, 0.717) is 6.42 Å². The molecular weight excluding hydrogens is 184 g/mol. The van der Waals surface area contributed by atoms with Gasteiger partial charge in [0, 0.05) is 6.04 Å². The second-order valence-corrected chi connectivity index (χ2v) is 4.45. The molecule has 0 saturated carbocycles. The highest BCUT2D eigenvalue weighted by Gasteiger charge is 2.66. The van der Waals surface area contributed by atoms with Crippen LogP contribution in [0.15, 0.2) is 0 Å². The highest BCUT2D eigenvalue weighted by molar-refractivity contribution is 5.03. The van der Waals surface area contributed by atoms with Crippen LogP contribution in [0, 0.1) is 0 Å². The van der Waals surface area contributed by atoms with E-state index in [1.165, 1.54) is 11.3 Å². The van der Waals surface area contributed by atoms with E-state index in [4.69, 9.17) is 0 Å². The fourth-order valence-corrected chi connectivity index (χ4v) is 2.09. The van der Waals surface area contributed by atoms with Gasteiger partial charge in [-0.05, 0) is 20.3 Å². The lowest BCUT2D eigenvalue weighted by atomic mass is 10.1. The van der Waals surface area contributed by atoms with Crippen LogP contribution in [-0.4, -0.2) is 23.0 Å². The van der Waals surface area contributed by atoms with Gasteiger partial charge in [0.15, 0.2) is 0 Å². The highest BCUT2D eigenvalue weighted by atomic mass is 19.3. The first-order valence-corrected chi connectivity index (χ1v) is 5.68. The Balaban J connectivity index is 2.20. The Labute approximate surface area is 85.5 Å². The largest absolute Gasteiger partial charge is 0.321 e. The number of nitrogens with zero attached hydrogens (tertiary/aromatic N) is 1. The minimum Gasteiger partial charge on any atom is -0.230 e. The molecule has 1 aliphatic heterocycles. The molecule has 1 nitrogen and oxygen atoms in total. The van der Waals surface area contributed by atoms with Crippen LogP contribution in [0.2, 0.25) is 0 Å². The maximum Gasteiger partial charge on any atom is 0.321 e. The zero-order valence-corrected chi connectivity index (χ0v) is 9.39. The van der Waals surface area contributed by atoms with Crippen molar-refractivity contribution in [2.45, 2.75) is 71.0 Å². The third-order valence-electron chi connectivity index (χ3n) is 2.90. The molecule has 14 heavy (non-hydrogen) atoms. The van der Waals surface area contributed by atoms with Crippen LogP contribution in [0.3, 0.4) is 0 Å². The van der Waals surface area contributed by atoms with E-state index in [9.17, 15) is 8.78 Å². The first kappa shape index (κ1) is 11.9. The molecule has 1 saturated heterocycles. The summed E-state index contributed by atoms with van der Waals surface area (Å²) in [6.07, 6.45) is 5.02. The molecule has 0 radical (unpaired) electrons. The molecule has 0 aromatic carbocycles. The standard InChI is InChI=1S/C11H21F2N/c1-4-5-6-7-8-10-11(12,13)14(10)9(2)3/h9-10H,4-8H2,1-3H3. The summed E-state index contributed by atoms with van der Waals surface area (Å²) in [6.45, 7) is 5.80. The van der Waals surface area contributed by atoms with Gasteiger partial charge in [-0.3, -0.25) is 0 Å². The summed E-state index contributed by atoms with van der Waals surface area (Å²) in [5.74, 6) is 0. The normalized spacial score (nSPS) is 29.6. The molecule has 84 valence electrons. The van der Waals surface area contributed by atoms with Crippen molar-refractivity contribution in [1.82, 2.24) is 4.90 Å². The molecule has 2 unspecified atom stereocenters. The molecule has 0 aromatic heterocycles. The molecule has 2 atom stereocenters.